The van der Waals surface area contributed by atoms with Gasteiger partial charge >= 0.3 is 5.97 Å². The van der Waals surface area contributed by atoms with E-state index >= 15 is 0 Å². The van der Waals surface area contributed by atoms with E-state index in [4.69, 9.17) is 26.2 Å². The Labute approximate surface area is 226 Å². The van der Waals surface area contributed by atoms with Crippen LogP contribution >= 0.6 is 11.6 Å². The Morgan fingerprint density at radius 1 is 1.03 bits per heavy atom. The number of nitrogens with zero attached hydrogens (tertiary/aromatic N) is 1. The number of carbonyl (C=O) groups is 2. The van der Waals surface area contributed by atoms with E-state index in [-0.39, 0.29) is 12.0 Å². The summed E-state index contributed by atoms with van der Waals surface area (Å²) in [6.07, 6.45) is 0.0811. The van der Waals surface area contributed by atoms with Crippen molar-refractivity contribution >= 4 is 34.4 Å². The van der Waals surface area contributed by atoms with Gasteiger partial charge in [0.25, 0.3) is 5.91 Å². The molecule has 1 amide bonds. The lowest BCUT2D eigenvalue weighted by molar-refractivity contribution is -0.139. The van der Waals surface area contributed by atoms with E-state index in [1.807, 2.05) is 76.2 Å². The van der Waals surface area contributed by atoms with Gasteiger partial charge in [0, 0.05) is 35.2 Å². The van der Waals surface area contributed by atoms with Crippen LogP contribution < -0.4 is 14.8 Å². The third-order valence-corrected chi connectivity index (χ3v) is 6.62. The highest BCUT2D eigenvalue weighted by Crippen LogP contribution is 2.30. The van der Waals surface area contributed by atoms with E-state index < -0.39 is 12.6 Å². The van der Waals surface area contributed by atoms with Crippen LogP contribution in [0.4, 0.5) is 0 Å². The van der Waals surface area contributed by atoms with Crippen molar-refractivity contribution in [3.63, 3.8) is 0 Å². The summed E-state index contributed by atoms with van der Waals surface area (Å²) in [6, 6.07) is 18.8. The van der Waals surface area contributed by atoms with Crippen molar-refractivity contribution < 1.29 is 24.2 Å². The number of ether oxygens (including phenoxy) is 2. The summed E-state index contributed by atoms with van der Waals surface area (Å²) < 4.78 is 13.2. The van der Waals surface area contributed by atoms with Crippen LogP contribution in [0.2, 0.25) is 5.02 Å². The summed E-state index contributed by atoms with van der Waals surface area (Å²) in [7, 11) is 0. The van der Waals surface area contributed by atoms with E-state index in [1.54, 1.807) is 12.1 Å². The fourth-order valence-corrected chi connectivity index (χ4v) is 4.53. The van der Waals surface area contributed by atoms with Crippen LogP contribution in [0.25, 0.3) is 10.9 Å². The predicted octanol–water partition coefficient (Wildman–Crippen LogP) is 6.14. The van der Waals surface area contributed by atoms with Crippen molar-refractivity contribution in [2.75, 3.05) is 6.61 Å². The topological polar surface area (TPSA) is 89.8 Å². The number of aromatic nitrogens is 1. The van der Waals surface area contributed by atoms with Crippen LogP contribution in [0.5, 0.6) is 11.5 Å². The first-order chi connectivity index (χ1) is 18.1. The monoisotopic (exact) mass is 534 g/mol. The van der Waals surface area contributed by atoms with Gasteiger partial charge in [-0.3, -0.25) is 4.79 Å². The number of rotatable bonds is 10. The van der Waals surface area contributed by atoms with Gasteiger partial charge in [0.05, 0.1) is 11.1 Å². The minimum Gasteiger partial charge on any atom is -0.491 e. The number of benzene rings is 3. The summed E-state index contributed by atoms with van der Waals surface area (Å²) in [5.74, 6) is -0.104. The molecule has 1 aromatic heterocycles. The lowest BCUT2D eigenvalue weighted by atomic mass is 10.1. The van der Waals surface area contributed by atoms with Gasteiger partial charge in [-0.2, -0.15) is 0 Å². The molecular weight excluding hydrogens is 504 g/mol. The molecule has 0 aliphatic heterocycles. The highest BCUT2D eigenvalue weighted by molar-refractivity contribution is 6.32. The zero-order chi connectivity index (χ0) is 27.4. The highest BCUT2D eigenvalue weighted by Gasteiger charge is 2.15. The number of carbonyl (C=O) groups excluding carboxylic acids is 1. The number of hydrogen-bond donors (Lipinski definition) is 2. The molecule has 0 aliphatic rings. The first-order valence-corrected chi connectivity index (χ1v) is 12.8. The lowest BCUT2D eigenvalue weighted by Crippen LogP contribution is -2.22. The maximum Gasteiger partial charge on any atom is 0.341 e. The Bertz CT molecular complexity index is 1490. The van der Waals surface area contributed by atoms with Crippen molar-refractivity contribution in [2.24, 2.45) is 0 Å². The standard InChI is InChI=1S/C30H31ClN2O5/c1-18(2)38-24-7-5-6-21(12-24)15-32-30(36)23-9-11-27-25(14-23)19(3)20(4)33(27)16-22-8-10-26(31)28(13-22)37-17-29(34)35/h5-14,18H,15-17H2,1-4H3,(H,32,36)(H,34,35). The summed E-state index contributed by atoms with van der Waals surface area (Å²) in [5, 5.41) is 13.3. The molecular formula is C30H31ClN2O5. The average Bonchev–Trinajstić information content (AvgIpc) is 3.11. The number of aryl methyl sites for hydroxylation is 1. The Morgan fingerprint density at radius 3 is 2.55 bits per heavy atom. The van der Waals surface area contributed by atoms with Crippen molar-refractivity contribution in [3.05, 3.63) is 93.6 Å². The zero-order valence-electron chi connectivity index (χ0n) is 21.9. The van der Waals surface area contributed by atoms with E-state index in [0.717, 1.165) is 39.0 Å². The van der Waals surface area contributed by atoms with E-state index in [9.17, 15) is 9.59 Å². The van der Waals surface area contributed by atoms with Gasteiger partial charge in [0.15, 0.2) is 6.61 Å². The molecule has 0 spiro atoms. The summed E-state index contributed by atoms with van der Waals surface area (Å²) >= 11 is 6.18. The average molecular weight is 535 g/mol. The van der Waals surface area contributed by atoms with Crippen LogP contribution in [0.1, 0.15) is 46.6 Å². The molecule has 2 N–H and O–H groups in total. The molecule has 198 valence electrons. The van der Waals surface area contributed by atoms with Gasteiger partial charge in [-0.15, -0.1) is 0 Å². The van der Waals surface area contributed by atoms with Crippen molar-refractivity contribution in [1.82, 2.24) is 9.88 Å². The van der Waals surface area contributed by atoms with Crippen LogP contribution in [0, 0.1) is 13.8 Å². The summed E-state index contributed by atoms with van der Waals surface area (Å²) in [6.45, 7) is 8.51. The number of amides is 1. The lowest BCUT2D eigenvalue weighted by Gasteiger charge is -2.12. The van der Waals surface area contributed by atoms with E-state index in [1.165, 1.54) is 0 Å². The second-order valence-electron chi connectivity index (χ2n) is 9.47. The number of halogens is 1. The SMILES string of the molecule is Cc1c(C)n(Cc2ccc(Cl)c(OCC(=O)O)c2)c2ccc(C(=O)NCc3cccc(OC(C)C)c3)cc12. The Morgan fingerprint density at radius 2 is 1.82 bits per heavy atom. The molecule has 0 atom stereocenters. The normalized spacial score (nSPS) is 11.1. The molecule has 3 aromatic carbocycles. The van der Waals surface area contributed by atoms with Crippen LogP contribution in [-0.2, 0) is 17.9 Å². The van der Waals surface area contributed by atoms with Crippen molar-refractivity contribution in [2.45, 2.75) is 46.9 Å². The zero-order valence-corrected chi connectivity index (χ0v) is 22.6. The van der Waals surface area contributed by atoms with Gasteiger partial charge in [-0.25, -0.2) is 4.79 Å². The maximum atomic E-state index is 13.0. The number of nitrogens with one attached hydrogen (secondary N) is 1. The van der Waals surface area contributed by atoms with Gasteiger partial charge in [0.1, 0.15) is 11.5 Å². The van der Waals surface area contributed by atoms with Crippen LogP contribution in [0.15, 0.2) is 60.7 Å². The number of aliphatic carboxylic acids is 1. The molecule has 0 saturated carbocycles. The van der Waals surface area contributed by atoms with Gasteiger partial charge in [-0.1, -0.05) is 29.8 Å². The number of carboxylic acids is 1. The number of hydrogen-bond acceptors (Lipinski definition) is 4. The van der Waals surface area contributed by atoms with Gasteiger partial charge in [-0.05, 0) is 86.8 Å². The molecule has 38 heavy (non-hydrogen) atoms. The third kappa shape index (κ3) is 6.29. The summed E-state index contributed by atoms with van der Waals surface area (Å²) in [4.78, 5) is 23.9. The molecule has 1 heterocycles. The Balaban J connectivity index is 1.52. The van der Waals surface area contributed by atoms with Crippen molar-refractivity contribution in [1.29, 1.82) is 0 Å². The quantitative estimate of drug-likeness (QED) is 0.255. The predicted molar refractivity (Wildman–Crippen MR) is 148 cm³/mol. The Kier molecular flexibility index (Phi) is 8.27. The van der Waals surface area contributed by atoms with Gasteiger partial charge < -0.3 is 24.5 Å². The van der Waals surface area contributed by atoms with Gasteiger partial charge in [0.2, 0.25) is 0 Å². The van der Waals surface area contributed by atoms with E-state index in [0.29, 0.717) is 29.4 Å². The number of carboxylic acid groups (broad SMARTS) is 1. The molecule has 0 aliphatic carbocycles. The van der Waals surface area contributed by atoms with Crippen LogP contribution in [-0.4, -0.2) is 34.3 Å². The fourth-order valence-electron chi connectivity index (χ4n) is 4.36. The second-order valence-corrected chi connectivity index (χ2v) is 9.88. The minimum atomic E-state index is -1.07. The maximum absolute atomic E-state index is 13.0. The molecule has 4 aromatic rings. The first-order valence-electron chi connectivity index (χ1n) is 12.4. The molecule has 0 saturated heterocycles. The third-order valence-electron chi connectivity index (χ3n) is 6.31. The van der Waals surface area contributed by atoms with Crippen LogP contribution in [0.3, 0.4) is 0 Å². The molecule has 8 heteroatoms. The van der Waals surface area contributed by atoms with Crippen molar-refractivity contribution in [3.8, 4) is 11.5 Å². The smallest absolute Gasteiger partial charge is 0.341 e. The number of fused-ring (bicyclic) bond motifs is 1. The van der Waals surface area contributed by atoms with E-state index in [2.05, 4.69) is 9.88 Å². The molecule has 0 unspecified atom stereocenters. The fraction of sp³-hybridized carbons (Fsp3) is 0.267. The second kappa shape index (κ2) is 11.6. The molecule has 0 bridgehead atoms. The molecule has 7 nitrogen and oxygen atoms in total. The molecule has 4 rings (SSSR count). The first kappa shape index (κ1) is 27.1. The largest absolute Gasteiger partial charge is 0.491 e. The highest BCUT2D eigenvalue weighted by atomic mass is 35.5. The Hall–Kier alpha value is -3.97. The molecule has 0 radical (unpaired) electrons. The molecule has 0 fully saturated rings. The minimum absolute atomic E-state index is 0.0811. The summed E-state index contributed by atoms with van der Waals surface area (Å²) in [5.41, 5.74) is 5.62.